The Balaban J connectivity index is -0.000000256. The third kappa shape index (κ3) is 42.5. The average molecular weight is 1010 g/mol. The minimum atomic E-state index is 0. The van der Waals surface area contributed by atoms with Crippen molar-refractivity contribution in [1.82, 2.24) is 0 Å². The molecule has 0 N–H and O–H groups in total. The first kappa shape index (κ1) is 78.5. The molecule has 0 aromatic heterocycles. The summed E-state index contributed by atoms with van der Waals surface area (Å²) in [6.45, 7) is 58.0. The van der Waals surface area contributed by atoms with E-state index in [0.717, 1.165) is 88.8 Å². The molecule has 4 aromatic rings. The predicted molar refractivity (Wildman–Crippen MR) is 343 cm³/mol. The molecule has 0 fully saturated rings. The van der Waals surface area contributed by atoms with E-state index in [2.05, 4.69) is 287 Å². The van der Waals surface area contributed by atoms with Gasteiger partial charge in [-0.25, -0.2) is 0 Å². The summed E-state index contributed by atoms with van der Waals surface area (Å²) >= 11 is 0. The summed E-state index contributed by atoms with van der Waals surface area (Å²) < 4.78 is 0. The van der Waals surface area contributed by atoms with E-state index in [1.54, 1.807) is 6.08 Å². The molecule has 4 rings (SSSR count). The number of rotatable bonds is 19. The molecule has 0 radical (unpaired) electrons. The summed E-state index contributed by atoms with van der Waals surface area (Å²) in [5.74, 6) is 11.6. The fourth-order valence-electron chi connectivity index (χ4n) is 9.02. The maximum Gasteiger partial charge on any atom is -0.0136 e. The second-order valence-electron chi connectivity index (χ2n) is 24.5. The van der Waals surface area contributed by atoms with Gasteiger partial charge in [0, 0.05) is 0 Å². The van der Waals surface area contributed by atoms with E-state index in [9.17, 15) is 0 Å². The maximum absolute atomic E-state index is 3.36. The maximum atomic E-state index is 3.36. The molecule has 0 heteroatoms. The van der Waals surface area contributed by atoms with Gasteiger partial charge in [0.25, 0.3) is 0 Å². The number of benzene rings is 4. The van der Waals surface area contributed by atoms with Crippen LogP contribution >= 0.6 is 0 Å². The van der Waals surface area contributed by atoms with Gasteiger partial charge in [0.15, 0.2) is 0 Å². The van der Waals surface area contributed by atoms with Crippen molar-refractivity contribution < 1.29 is 0 Å². The zero-order valence-corrected chi connectivity index (χ0v) is 51.7. The summed E-state index contributed by atoms with van der Waals surface area (Å²) in [5.41, 5.74) is 5.99. The van der Waals surface area contributed by atoms with Crippen LogP contribution in [0.5, 0.6) is 0 Å². The lowest BCUT2D eigenvalue weighted by molar-refractivity contribution is 0.344. The highest BCUT2D eigenvalue weighted by atomic mass is 14.2. The molecule has 0 heterocycles. The molecule has 0 saturated heterocycles. The predicted octanol–water partition coefficient (Wildman–Crippen LogP) is 25.1. The lowest BCUT2D eigenvalue weighted by Gasteiger charge is -2.23. The van der Waals surface area contributed by atoms with Crippen molar-refractivity contribution in [3.8, 4) is 0 Å². The molecule has 5 unspecified atom stereocenters. The van der Waals surface area contributed by atoms with E-state index in [4.69, 9.17) is 0 Å². The van der Waals surface area contributed by atoms with Crippen LogP contribution in [-0.4, -0.2) is 0 Å². The van der Waals surface area contributed by atoms with Crippen molar-refractivity contribution in [2.45, 2.75) is 243 Å². The first-order chi connectivity index (χ1) is 33.3. The molecular formula is C73H130. The monoisotopic (exact) mass is 1010 g/mol. The Bertz CT molecular complexity index is 1440. The lowest BCUT2D eigenvalue weighted by atomic mass is 9.82. The number of allylic oxidation sites excluding steroid dienone is 1. The van der Waals surface area contributed by atoms with E-state index in [1.165, 1.54) is 60.8 Å². The van der Waals surface area contributed by atoms with Gasteiger partial charge in [-0.3, -0.25) is 0 Å². The van der Waals surface area contributed by atoms with Crippen LogP contribution in [0.2, 0.25) is 0 Å². The summed E-state index contributed by atoms with van der Waals surface area (Å²) in [7, 11) is 0. The highest BCUT2D eigenvalue weighted by Crippen LogP contribution is 2.33. The molecule has 0 aliphatic heterocycles. The SMILES string of the molecule is C.C.C=CC.CC(C)CC(C)C(C)C.CC(C)CC(c1ccccc1)C(C)C.CC(C)CC(c1ccccc1)C(C)C.CC(C)CC(c1ccccc1)C(C)C.CC(C)CC(c1ccccc1)C(C)C.CCC. The van der Waals surface area contributed by atoms with E-state index in [1.807, 2.05) is 6.92 Å². The largest absolute Gasteiger partial charge is 0.103 e. The van der Waals surface area contributed by atoms with Crippen LogP contribution in [0.25, 0.3) is 0 Å². The fraction of sp³-hybridized carbons (Fsp3) is 0.644. The van der Waals surface area contributed by atoms with E-state index in [0.29, 0.717) is 0 Å². The third-order valence-corrected chi connectivity index (χ3v) is 13.0. The average Bonchev–Trinajstić information content (AvgIpc) is 3.30. The Hall–Kier alpha value is -3.38. The minimum Gasteiger partial charge on any atom is -0.103 e. The highest BCUT2D eigenvalue weighted by Gasteiger charge is 2.19. The molecule has 422 valence electrons. The van der Waals surface area contributed by atoms with Crippen molar-refractivity contribution in [1.29, 1.82) is 0 Å². The van der Waals surface area contributed by atoms with Gasteiger partial charge < -0.3 is 0 Å². The van der Waals surface area contributed by atoms with Gasteiger partial charge in [-0.05, 0) is 150 Å². The van der Waals surface area contributed by atoms with Crippen LogP contribution in [0.15, 0.2) is 134 Å². The fourth-order valence-corrected chi connectivity index (χ4v) is 9.02. The van der Waals surface area contributed by atoms with Crippen LogP contribution in [0.4, 0.5) is 0 Å². The number of hydrogen-bond donors (Lipinski definition) is 0. The summed E-state index contributed by atoms with van der Waals surface area (Å²) in [5, 5.41) is 0. The first-order valence-electron chi connectivity index (χ1n) is 29.1. The van der Waals surface area contributed by atoms with Crippen molar-refractivity contribution in [3.05, 3.63) is 156 Å². The van der Waals surface area contributed by atoms with Gasteiger partial charge in [0.1, 0.15) is 0 Å². The van der Waals surface area contributed by atoms with Gasteiger partial charge >= 0.3 is 0 Å². The zero-order chi connectivity index (χ0) is 55.1. The Labute approximate surface area is 462 Å². The summed E-state index contributed by atoms with van der Waals surface area (Å²) in [6, 6.07) is 43.6. The van der Waals surface area contributed by atoms with Crippen LogP contribution in [0.1, 0.15) is 265 Å². The van der Waals surface area contributed by atoms with Crippen molar-refractivity contribution >= 4 is 0 Å². The minimum absolute atomic E-state index is 0. The molecule has 5 atom stereocenters. The second kappa shape index (κ2) is 48.3. The van der Waals surface area contributed by atoms with Crippen molar-refractivity contribution in [2.75, 3.05) is 0 Å². The standard InChI is InChI=1S/4C14H22.C9H20.C3H8.C3H6.2CH4/c4*1-11(2)10-14(12(3)4)13-8-6-5-7-9-13;1-7(2)6-9(5)8(3)4;2*1-3-2;;/h4*5-9,11-12,14H,10H2,1-4H3;7-9H,6H2,1-5H3;3H2,1-2H3;3H,1H2,2H3;2*1H4. The van der Waals surface area contributed by atoms with Crippen molar-refractivity contribution in [3.63, 3.8) is 0 Å². The molecular weight excluding hydrogens is 877 g/mol. The van der Waals surface area contributed by atoms with E-state index in [-0.39, 0.29) is 14.9 Å². The Kier molecular flexibility index (Phi) is 51.9. The first-order valence-corrected chi connectivity index (χ1v) is 29.1. The molecule has 0 saturated carbocycles. The Morgan fingerprint density at radius 3 is 0.548 bits per heavy atom. The normalized spacial score (nSPS) is 12.7. The van der Waals surface area contributed by atoms with Gasteiger partial charge in [-0.1, -0.05) is 308 Å². The molecule has 0 spiro atoms. The summed E-state index contributed by atoms with van der Waals surface area (Å²) in [4.78, 5) is 0. The lowest BCUT2D eigenvalue weighted by Crippen LogP contribution is -2.09. The zero-order valence-electron chi connectivity index (χ0n) is 51.7. The van der Waals surface area contributed by atoms with Gasteiger partial charge in [-0.15, -0.1) is 6.58 Å². The van der Waals surface area contributed by atoms with Crippen LogP contribution < -0.4 is 0 Å². The quantitative estimate of drug-likeness (QED) is 0.0821. The smallest absolute Gasteiger partial charge is 0.0136 e. The molecule has 0 bridgehead atoms. The van der Waals surface area contributed by atoms with Gasteiger partial charge in [0.2, 0.25) is 0 Å². The van der Waals surface area contributed by atoms with Gasteiger partial charge in [-0.2, -0.15) is 0 Å². The molecule has 0 amide bonds. The Morgan fingerprint density at radius 2 is 0.452 bits per heavy atom. The summed E-state index contributed by atoms with van der Waals surface area (Å²) in [6.07, 6.45) is 9.55. The van der Waals surface area contributed by atoms with Crippen LogP contribution in [0.3, 0.4) is 0 Å². The number of hydrogen-bond acceptors (Lipinski definition) is 0. The van der Waals surface area contributed by atoms with Crippen molar-refractivity contribution in [2.24, 2.45) is 65.1 Å². The van der Waals surface area contributed by atoms with Crippen LogP contribution in [0, 0.1) is 65.1 Å². The molecule has 4 aromatic carbocycles. The van der Waals surface area contributed by atoms with E-state index >= 15 is 0 Å². The molecule has 0 aliphatic carbocycles. The van der Waals surface area contributed by atoms with Gasteiger partial charge in [0.05, 0.1) is 0 Å². The topological polar surface area (TPSA) is 0 Å². The third-order valence-electron chi connectivity index (χ3n) is 13.0. The Morgan fingerprint density at radius 1 is 0.301 bits per heavy atom. The molecule has 0 nitrogen and oxygen atoms in total. The molecule has 0 aliphatic rings. The van der Waals surface area contributed by atoms with Crippen LogP contribution in [-0.2, 0) is 0 Å². The second-order valence-corrected chi connectivity index (χ2v) is 24.5. The molecule has 73 heavy (non-hydrogen) atoms. The van der Waals surface area contributed by atoms with E-state index < -0.39 is 0 Å². The highest BCUT2D eigenvalue weighted by molar-refractivity contribution is 5.22.